The van der Waals surface area contributed by atoms with E-state index in [1.807, 2.05) is 0 Å². The van der Waals surface area contributed by atoms with Gasteiger partial charge in [-0.05, 0) is 103 Å². The van der Waals surface area contributed by atoms with Crippen LogP contribution in [-0.4, -0.2) is 66.5 Å². The molecule has 12 heteroatoms. The zero-order valence-corrected chi connectivity index (χ0v) is 46.0. The minimum atomic E-state index is -4.77. The van der Waals surface area contributed by atoms with Crippen LogP contribution in [0.15, 0.2) is 109 Å². The fraction of sp³-hybridized carbons (Fsp3) is 0.650. The summed E-state index contributed by atoms with van der Waals surface area (Å²) in [6, 6.07) is 0. The average Bonchev–Trinajstić information content (AvgIpc) is 3.37. The van der Waals surface area contributed by atoms with Crippen LogP contribution in [0.2, 0.25) is 0 Å². The molecule has 72 heavy (non-hydrogen) atoms. The molecule has 0 rings (SSSR count). The molecule has 0 fully saturated rings. The smallest absolute Gasteiger partial charge is 0.462 e. The third kappa shape index (κ3) is 51.1. The van der Waals surface area contributed by atoms with Crippen molar-refractivity contribution < 1.29 is 52.2 Å². The molecule has 0 saturated carbocycles. The van der Waals surface area contributed by atoms with Gasteiger partial charge in [0.15, 0.2) is 6.10 Å². The summed E-state index contributed by atoms with van der Waals surface area (Å²) in [4.78, 5) is 48.4. The number of ether oxygens (including phenoxy) is 3. The highest BCUT2D eigenvalue weighted by molar-refractivity contribution is 7.47. The van der Waals surface area contributed by atoms with Crippen LogP contribution in [0.1, 0.15) is 213 Å². The van der Waals surface area contributed by atoms with Gasteiger partial charge in [0.05, 0.1) is 19.8 Å². The van der Waals surface area contributed by atoms with Crippen molar-refractivity contribution in [3.05, 3.63) is 109 Å². The molecular formula is C60H99O11P. The molecule has 410 valence electrons. The van der Waals surface area contributed by atoms with Gasteiger partial charge in [0.2, 0.25) is 0 Å². The molecule has 0 aliphatic rings. The number of phosphoric ester groups is 1. The Bertz CT molecular complexity index is 1620. The number of hydrogen-bond donors (Lipinski definition) is 2. The van der Waals surface area contributed by atoms with Crippen molar-refractivity contribution in [2.75, 3.05) is 26.4 Å². The summed E-state index contributed by atoms with van der Waals surface area (Å²) in [6.45, 7) is 4.30. The summed E-state index contributed by atoms with van der Waals surface area (Å²) in [5.41, 5.74) is 0. The number of carbonyl (C=O) groups excluding carboxylic acids is 3. The molecule has 0 aliphatic heterocycles. The number of esters is 3. The number of rotatable bonds is 50. The van der Waals surface area contributed by atoms with Gasteiger partial charge in [-0.2, -0.15) is 0 Å². The monoisotopic (exact) mass is 1030 g/mol. The van der Waals surface area contributed by atoms with Crippen LogP contribution in [0.3, 0.4) is 0 Å². The van der Waals surface area contributed by atoms with Gasteiger partial charge in [0.1, 0.15) is 12.7 Å². The summed E-state index contributed by atoms with van der Waals surface area (Å²) < 4.78 is 39.4. The van der Waals surface area contributed by atoms with Crippen molar-refractivity contribution in [1.29, 1.82) is 0 Å². The molecule has 0 heterocycles. The Morgan fingerprint density at radius 2 is 0.722 bits per heavy atom. The molecule has 0 aromatic heterocycles. The van der Waals surface area contributed by atoms with E-state index in [1.165, 1.54) is 44.9 Å². The first kappa shape index (κ1) is 68.1. The van der Waals surface area contributed by atoms with E-state index in [-0.39, 0.29) is 25.9 Å². The van der Waals surface area contributed by atoms with Crippen LogP contribution in [0, 0.1) is 0 Å². The van der Waals surface area contributed by atoms with Gasteiger partial charge in [-0.1, -0.05) is 201 Å². The molecule has 0 radical (unpaired) electrons. The predicted octanol–water partition coefficient (Wildman–Crippen LogP) is 16.2. The van der Waals surface area contributed by atoms with Crippen LogP contribution >= 0.6 is 7.82 Å². The Balaban J connectivity index is 4.82. The van der Waals surface area contributed by atoms with E-state index in [0.717, 1.165) is 109 Å². The molecule has 0 aromatic rings. The number of allylic oxidation sites excluding steroid dienone is 18. The van der Waals surface area contributed by atoms with E-state index in [0.29, 0.717) is 19.3 Å². The average molecular weight is 1030 g/mol. The highest BCUT2D eigenvalue weighted by Gasteiger charge is 2.28. The fourth-order valence-corrected chi connectivity index (χ4v) is 7.80. The van der Waals surface area contributed by atoms with Crippen molar-refractivity contribution in [3.8, 4) is 0 Å². The zero-order chi connectivity index (χ0) is 52.7. The molecule has 11 nitrogen and oxygen atoms in total. The molecule has 0 saturated heterocycles. The molecule has 3 unspecified atom stereocenters. The quantitative estimate of drug-likeness (QED) is 0.0197. The maximum atomic E-state index is 12.9. The molecule has 0 bridgehead atoms. The standard InChI is InChI=1S/C60H99O11P/c1-4-7-10-13-16-19-22-24-26-27-28-29-31-33-36-39-42-45-48-51-60(64)71-57(53-67-58(62)49-46-43-40-37-34-21-18-15-12-9-6-3)55-69-72(65,66)68-54-56(52-61)70-59(63)50-47-44-41-38-35-32-30-25-23-20-17-14-11-8-5-2/h7-8,10-11,16-17,19-20,24-26,28-30,33,35-36,38,56-57,61H,4-6,9,12-15,18,21-23,27,31-32,34,37,39-55H2,1-3H3,(H,65,66)/b10-7-,11-8-,19-16-,20-17-,26-24-,29-28-,30-25-,36-33-,38-35-. The highest BCUT2D eigenvalue weighted by atomic mass is 31.2. The Hall–Kier alpha value is -3.86. The summed E-state index contributed by atoms with van der Waals surface area (Å²) >= 11 is 0. The van der Waals surface area contributed by atoms with Crippen LogP contribution < -0.4 is 0 Å². The van der Waals surface area contributed by atoms with E-state index in [9.17, 15) is 28.9 Å². The largest absolute Gasteiger partial charge is 0.472 e. The van der Waals surface area contributed by atoms with Crippen LogP contribution in [0.25, 0.3) is 0 Å². The number of phosphoric acid groups is 1. The lowest BCUT2D eigenvalue weighted by molar-refractivity contribution is -0.161. The number of carbonyl (C=O) groups is 3. The summed E-state index contributed by atoms with van der Waals surface area (Å²) in [6.07, 6.45) is 63.4. The molecule has 0 aliphatic carbocycles. The number of hydrogen-bond acceptors (Lipinski definition) is 10. The Kier molecular flexibility index (Phi) is 50.6. The van der Waals surface area contributed by atoms with Crippen LogP contribution in [-0.2, 0) is 42.2 Å². The zero-order valence-electron chi connectivity index (χ0n) is 45.1. The second-order valence-corrected chi connectivity index (χ2v) is 19.4. The van der Waals surface area contributed by atoms with Crippen molar-refractivity contribution in [3.63, 3.8) is 0 Å². The van der Waals surface area contributed by atoms with Gasteiger partial charge < -0.3 is 24.2 Å². The fourth-order valence-electron chi connectivity index (χ4n) is 7.02. The van der Waals surface area contributed by atoms with Gasteiger partial charge >= 0.3 is 25.7 Å². The van der Waals surface area contributed by atoms with E-state index < -0.39 is 57.8 Å². The first-order valence-corrected chi connectivity index (χ1v) is 29.3. The first-order chi connectivity index (χ1) is 35.2. The number of aliphatic hydroxyl groups excluding tert-OH is 1. The molecular weight excluding hydrogens is 928 g/mol. The first-order valence-electron chi connectivity index (χ1n) is 27.8. The Morgan fingerprint density at radius 3 is 1.14 bits per heavy atom. The van der Waals surface area contributed by atoms with Crippen LogP contribution in [0.5, 0.6) is 0 Å². The molecule has 2 N–H and O–H groups in total. The summed E-state index contributed by atoms with van der Waals surface area (Å²) in [5, 5.41) is 9.79. The van der Waals surface area contributed by atoms with E-state index in [4.69, 9.17) is 23.3 Å². The van der Waals surface area contributed by atoms with E-state index >= 15 is 0 Å². The van der Waals surface area contributed by atoms with Crippen molar-refractivity contribution >= 4 is 25.7 Å². The topological polar surface area (TPSA) is 155 Å². The van der Waals surface area contributed by atoms with Crippen molar-refractivity contribution in [1.82, 2.24) is 0 Å². The second kappa shape index (κ2) is 53.4. The minimum absolute atomic E-state index is 0.118. The van der Waals surface area contributed by atoms with Crippen molar-refractivity contribution in [2.45, 2.75) is 226 Å². The Labute approximate surface area is 437 Å². The number of aliphatic hydroxyl groups is 1. The van der Waals surface area contributed by atoms with Gasteiger partial charge in [0, 0.05) is 19.3 Å². The van der Waals surface area contributed by atoms with E-state index in [2.05, 4.69) is 130 Å². The van der Waals surface area contributed by atoms with Crippen molar-refractivity contribution in [2.24, 2.45) is 0 Å². The maximum Gasteiger partial charge on any atom is 0.472 e. The maximum absolute atomic E-state index is 12.9. The van der Waals surface area contributed by atoms with Crippen LogP contribution in [0.4, 0.5) is 0 Å². The van der Waals surface area contributed by atoms with Gasteiger partial charge in [-0.25, -0.2) is 4.57 Å². The SMILES string of the molecule is CC/C=C\C/C=C\C/C=C\C/C=C\C/C=C\CCCCCC(=O)OC(COC(=O)CCCCCCCCCCCCC)COP(=O)(O)OCC(CO)OC(=O)CCCC/C=C\C/C=C\C/C=C\C/C=C\CC. The van der Waals surface area contributed by atoms with Gasteiger partial charge in [0.25, 0.3) is 0 Å². The lowest BCUT2D eigenvalue weighted by Crippen LogP contribution is -2.30. The predicted molar refractivity (Wildman–Crippen MR) is 297 cm³/mol. The molecule has 0 amide bonds. The molecule has 0 spiro atoms. The normalized spacial score (nSPS) is 14.2. The molecule has 3 atom stereocenters. The third-order valence-electron chi connectivity index (χ3n) is 11.2. The summed E-state index contributed by atoms with van der Waals surface area (Å²) in [5.74, 6) is -1.56. The number of unbranched alkanes of at least 4 members (excludes halogenated alkanes) is 15. The Morgan fingerprint density at radius 1 is 0.403 bits per heavy atom. The summed E-state index contributed by atoms with van der Waals surface area (Å²) in [7, 11) is -4.77. The van der Waals surface area contributed by atoms with Gasteiger partial charge in [-0.15, -0.1) is 0 Å². The molecule has 0 aromatic carbocycles. The third-order valence-corrected chi connectivity index (χ3v) is 12.1. The highest BCUT2D eigenvalue weighted by Crippen LogP contribution is 2.43. The lowest BCUT2D eigenvalue weighted by Gasteiger charge is -2.21. The second-order valence-electron chi connectivity index (χ2n) is 18.0. The van der Waals surface area contributed by atoms with Gasteiger partial charge in [-0.3, -0.25) is 23.4 Å². The van der Waals surface area contributed by atoms with E-state index in [1.54, 1.807) is 0 Å². The lowest BCUT2D eigenvalue weighted by atomic mass is 10.1. The minimum Gasteiger partial charge on any atom is -0.462 e.